The molecule has 2 amide bonds. The van der Waals surface area contributed by atoms with Crippen molar-refractivity contribution in [2.75, 3.05) is 26.2 Å². The van der Waals surface area contributed by atoms with E-state index in [1.807, 2.05) is 11.8 Å². The number of piperidine rings is 1. The first-order valence-electron chi connectivity index (χ1n) is 7.17. The van der Waals surface area contributed by atoms with Gasteiger partial charge in [-0.05, 0) is 18.8 Å². The average Bonchev–Trinajstić information content (AvgIpc) is 2.73. The second-order valence-corrected chi connectivity index (χ2v) is 6.48. The first-order chi connectivity index (χ1) is 8.85. The molecule has 2 fully saturated rings. The van der Waals surface area contributed by atoms with Crippen molar-refractivity contribution in [3.8, 4) is 0 Å². The molecule has 0 spiro atoms. The Morgan fingerprint density at radius 3 is 2.68 bits per heavy atom. The number of amides is 2. The Morgan fingerprint density at radius 2 is 2.16 bits per heavy atom. The number of carbonyl (C=O) groups is 2. The minimum atomic E-state index is -0.155. The van der Waals surface area contributed by atoms with Gasteiger partial charge in [0, 0.05) is 38.6 Å². The van der Waals surface area contributed by atoms with Crippen LogP contribution in [0.25, 0.3) is 0 Å². The molecule has 2 rings (SSSR count). The second-order valence-electron chi connectivity index (χ2n) is 6.48. The van der Waals surface area contributed by atoms with Crippen molar-refractivity contribution in [2.45, 2.75) is 39.7 Å². The SMILES string of the molecule is CCN1CC(C(=O)N2CCC(N)C(C)(C)C2)CC1=O. The van der Waals surface area contributed by atoms with E-state index in [0.717, 1.165) is 13.0 Å². The normalized spacial score (nSPS) is 30.8. The zero-order chi connectivity index (χ0) is 14.2. The molecule has 2 saturated heterocycles. The van der Waals surface area contributed by atoms with E-state index in [-0.39, 0.29) is 29.2 Å². The Kier molecular flexibility index (Phi) is 3.85. The van der Waals surface area contributed by atoms with Gasteiger partial charge < -0.3 is 15.5 Å². The topological polar surface area (TPSA) is 66.6 Å². The van der Waals surface area contributed by atoms with E-state index in [0.29, 0.717) is 26.1 Å². The lowest BCUT2D eigenvalue weighted by Gasteiger charge is -2.43. The van der Waals surface area contributed by atoms with Crippen LogP contribution in [0.3, 0.4) is 0 Å². The summed E-state index contributed by atoms with van der Waals surface area (Å²) in [5.41, 5.74) is 6.05. The number of carbonyl (C=O) groups excluding carboxylic acids is 2. The summed E-state index contributed by atoms with van der Waals surface area (Å²) >= 11 is 0. The van der Waals surface area contributed by atoms with Crippen molar-refractivity contribution in [1.29, 1.82) is 0 Å². The summed E-state index contributed by atoms with van der Waals surface area (Å²) in [7, 11) is 0. The van der Waals surface area contributed by atoms with Gasteiger partial charge in [-0.2, -0.15) is 0 Å². The summed E-state index contributed by atoms with van der Waals surface area (Å²) in [5, 5.41) is 0. The minimum absolute atomic E-state index is 0.0407. The van der Waals surface area contributed by atoms with E-state index >= 15 is 0 Å². The molecule has 2 aliphatic rings. The van der Waals surface area contributed by atoms with E-state index in [2.05, 4.69) is 13.8 Å². The zero-order valence-corrected chi connectivity index (χ0v) is 12.2. The molecule has 2 aliphatic heterocycles. The molecule has 108 valence electrons. The smallest absolute Gasteiger partial charge is 0.228 e. The standard InChI is InChI=1S/C14H25N3O2/c1-4-16-8-10(7-12(16)18)13(19)17-6-5-11(15)14(2,3)9-17/h10-11H,4-9,15H2,1-3H3. The molecule has 5 nitrogen and oxygen atoms in total. The number of nitrogens with zero attached hydrogens (tertiary/aromatic N) is 2. The van der Waals surface area contributed by atoms with Gasteiger partial charge in [0.05, 0.1) is 5.92 Å². The maximum Gasteiger partial charge on any atom is 0.228 e. The van der Waals surface area contributed by atoms with E-state index in [1.54, 1.807) is 4.90 Å². The van der Waals surface area contributed by atoms with Crippen molar-refractivity contribution >= 4 is 11.8 Å². The molecule has 19 heavy (non-hydrogen) atoms. The fourth-order valence-electron chi connectivity index (χ4n) is 3.06. The minimum Gasteiger partial charge on any atom is -0.342 e. The molecule has 2 atom stereocenters. The Hall–Kier alpha value is -1.10. The lowest BCUT2D eigenvalue weighted by atomic mass is 9.79. The molecule has 0 aromatic rings. The van der Waals surface area contributed by atoms with E-state index in [4.69, 9.17) is 5.73 Å². The highest BCUT2D eigenvalue weighted by molar-refractivity contribution is 5.89. The largest absolute Gasteiger partial charge is 0.342 e. The van der Waals surface area contributed by atoms with Gasteiger partial charge in [0.25, 0.3) is 0 Å². The third-order valence-electron chi connectivity index (χ3n) is 4.57. The summed E-state index contributed by atoms with van der Waals surface area (Å²) < 4.78 is 0. The van der Waals surface area contributed by atoms with Crippen LogP contribution in [-0.4, -0.2) is 53.8 Å². The first kappa shape index (κ1) is 14.3. The highest BCUT2D eigenvalue weighted by Gasteiger charge is 2.40. The van der Waals surface area contributed by atoms with Crippen LogP contribution in [0.4, 0.5) is 0 Å². The predicted molar refractivity (Wildman–Crippen MR) is 73.3 cm³/mol. The molecule has 2 N–H and O–H groups in total. The number of rotatable bonds is 2. The second kappa shape index (κ2) is 5.12. The lowest BCUT2D eigenvalue weighted by Crippen LogP contribution is -2.55. The van der Waals surface area contributed by atoms with Crippen molar-refractivity contribution in [2.24, 2.45) is 17.1 Å². The summed E-state index contributed by atoms with van der Waals surface area (Å²) in [5.74, 6) is 0.0793. The molecule has 2 heterocycles. The summed E-state index contributed by atoms with van der Waals surface area (Å²) in [4.78, 5) is 27.9. The molecule has 0 aliphatic carbocycles. The molecule has 0 aromatic heterocycles. The molecule has 0 bridgehead atoms. The molecule has 0 radical (unpaired) electrons. The first-order valence-corrected chi connectivity index (χ1v) is 7.17. The van der Waals surface area contributed by atoms with Crippen molar-refractivity contribution in [3.05, 3.63) is 0 Å². The zero-order valence-electron chi connectivity index (χ0n) is 12.2. The third-order valence-corrected chi connectivity index (χ3v) is 4.57. The number of hydrogen-bond donors (Lipinski definition) is 1. The van der Waals surface area contributed by atoms with Gasteiger partial charge in [-0.15, -0.1) is 0 Å². The Balaban J connectivity index is 2.00. The van der Waals surface area contributed by atoms with E-state index in [9.17, 15) is 9.59 Å². The number of nitrogens with two attached hydrogens (primary N) is 1. The fourth-order valence-corrected chi connectivity index (χ4v) is 3.06. The highest BCUT2D eigenvalue weighted by Crippen LogP contribution is 2.30. The molecule has 0 aromatic carbocycles. The summed E-state index contributed by atoms with van der Waals surface area (Å²) in [6.07, 6.45) is 1.21. The van der Waals surface area contributed by atoms with Crippen molar-refractivity contribution in [1.82, 2.24) is 9.80 Å². The van der Waals surface area contributed by atoms with Gasteiger partial charge in [-0.25, -0.2) is 0 Å². The fraction of sp³-hybridized carbons (Fsp3) is 0.857. The van der Waals surface area contributed by atoms with Crippen LogP contribution in [0.1, 0.15) is 33.6 Å². The van der Waals surface area contributed by atoms with Gasteiger partial charge in [0.2, 0.25) is 11.8 Å². The van der Waals surface area contributed by atoms with Crippen LogP contribution in [0.15, 0.2) is 0 Å². The van der Waals surface area contributed by atoms with Gasteiger partial charge >= 0.3 is 0 Å². The molecule has 2 unspecified atom stereocenters. The monoisotopic (exact) mass is 267 g/mol. The maximum absolute atomic E-state index is 12.5. The molecule has 5 heteroatoms. The average molecular weight is 267 g/mol. The number of hydrogen-bond acceptors (Lipinski definition) is 3. The molecular weight excluding hydrogens is 242 g/mol. The van der Waals surface area contributed by atoms with Crippen molar-refractivity contribution < 1.29 is 9.59 Å². The Morgan fingerprint density at radius 1 is 1.47 bits per heavy atom. The third kappa shape index (κ3) is 2.76. The molecule has 0 saturated carbocycles. The number of likely N-dealkylation sites (tertiary alicyclic amines) is 2. The van der Waals surface area contributed by atoms with Crippen LogP contribution < -0.4 is 5.73 Å². The van der Waals surface area contributed by atoms with Crippen LogP contribution in [-0.2, 0) is 9.59 Å². The van der Waals surface area contributed by atoms with Gasteiger partial charge in [-0.3, -0.25) is 9.59 Å². The van der Waals surface area contributed by atoms with Gasteiger partial charge in [0.1, 0.15) is 0 Å². The van der Waals surface area contributed by atoms with Crippen LogP contribution in [0, 0.1) is 11.3 Å². The summed E-state index contributed by atoms with van der Waals surface area (Å²) in [6.45, 7) is 8.86. The highest BCUT2D eigenvalue weighted by atomic mass is 16.2. The van der Waals surface area contributed by atoms with Crippen molar-refractivity contribution in [3.63, 3.8) is 0 Å². The van der Waals surface area contributed by atoms with E-state index in [1.165, 1.54) is 0 Å². The lowest BCUT2D eigenvalue weighted by molar-refractivity contribution is -0.139. The van der Waals surface area contributed by atoms with Gasteiger partial charge in [-0.1, -0.05) is 13.8 Å². The summed E-state index contributed by atoms with van der Waals surface area (Å²) in [6, 6.07) is 0.147. The Bertz CT molecular complexity index is 381. The van der Waals surface area contributed by atoms with E-state index < -0.39 is 0 Å². The van der Waals surface area contributed by atoms with Crippen LogP contribution in [0.5, 0.6) is 0 Å². The molecular formula is C14H25N3O2. The van der Waals surface area contributed by atoms with Crippen LogP contribution in [0.2, 0.25) is 0 Å². The quantitative estimate of drug-likeness (QED) is 0.789. The Labute approximate surface area is 115 Å². The maximum atomic E-state index is 12.5. The van der Waals surface area contributed by atoms with Gasteiger partial charge in [0.15, 0.2) is 0 Å². The predicted octanol–water partition coefficient (Wildman–Crippen LogP) is 0.441. The van der Waals surface area contributed by atoms with Crippen LogP contribution >= 0.6 is 0 Å².